The SMILES string of the molecule is CS(=O)(=O)c1cn[nH]c1[C@@H]1CCN(S(C)(=O)=O)C1. The van der Waals surface area contributed by atoms with Crippen molar-refractivity contribution in [1.82, 2.24) is 14.5 Å². The molecule has 1 atom stereocenters. The second-order valence-electron chi connectivity index (χ2n) is 4.53. The molecule has 1 aliphatic rings. The average molecular weight is 293 g/mol. The first kappa shape index (κ1) is 13.5. The first-order chi connectivity index (χ1) is 8.19. The molecule has 1 aliphatic heterocycles. The number of rotatable bonds is 3. The summed E-state index contributed by atoms with van der Waals surface area (Å²) in [6.07, 6.45) is 4.13. The zero-order chi connectivity index (χ0) is 13.6. The van der Waals surface area contributed by atoms with Gasteiger partial charge in [-0.2, -0.15) is 5.10 Å². The molecule has 2 rings (SSSR count). The number of sulfonamides is 1. The van der Waals surface area contributed by atoms with E-state index >= 15 is 0 Å². The van der Waals surface area contributed by atoms with Crippen molar-refractivity contribution in [3.8, 4) is 0 Å². The lowest BCUT2D eigenvalue weighted by atomic mass is 10.1. The van der Waals surface area contributed by atoms with Gasteiger partial charge in [0, 0.05) is 25.3 Å². The molecule has 0 unspecified atom stereocenters. The van der Waals surface area contributed by atoms with Gasteiger partial charge in [-0.3, -0.25) is 5.10 Å². The summed E-state index contributed by atoms with van der Waals surface area (Å²) in [6.45, 7) is 0.704. The van der Waals surface area contributed by atoms with Crippen molar-refractivity contribution in [2.75, 3.05) is 25.6 Å². The average Bonchev–Trinajstić information content (AvgIpc) is 2.84. The van der Waals surface area contributed by atoms with E-state index in [9.17, 15) is 16.8 Å². The third kappa shape index (κ3) is 2.57. The summed E-state index contributed by atoms with van der Waals surface area (Å²) in [5.74, 6) is -0.146. The largest absolute Gasteiger partial charge is 0.281 e. The predicted octanol–water partition coefficient (Wildman–Crippen LogP) is -0.438. The summed E-state index contributed by atoms with van der Waals surface area (Å²) in [7, 11) is -6.57. The number of aromatic nitrogens is 2. The molecule has 2 heterocycles. The number of sulfone groups is 1. The molecule has 1 aromatic rings. The lowest BCUT2D eigenvalue weighted by Crippen LogP contribution is -2.27. The molecule has 1 aromatic heterocycles. The Kier molecular flexibility index (Phi) is 3.24. The highest BCUT2D eigenvalue weighted by molar-refractivity contribution is 7.90. The van der Waals surface area contributed by atoms with Gasteiger partial charge in [-0.25, -0.2) is 21.1 Å². The Morgan fingerprint density at radius 3 is 2.50 bits per heavy atom. The Bertz CT molecular complexity index is 647. The minimum atomic E-state index is -3.34. The molecule has 1 N–H and O–H groups in total. The van der Waals surface area contributed by atoms with E-state index in [4.69, 9.17) is 0 Å². The summed E-state index contributed by atoms with van der Waals surface area (Å²) < 4.78 is 47.3. The molecule has 1 fully saturated rings. The van der Waals surface area contributed by atoms with E-state index in [2.05, 4.69) is 10.2 Å². The van der Waals surface area contributed by atoms with Crippen LogP contribution in [0.5, 0.6) is 0 Å². The molecule has 0 saturated carbocycles. The fourth-order valence-electron chi connectivity index (χ4n) is 2.14. The Balaban J connectivity index is 2.29. The molecule has 0 amide bonds. The third-order valence-electron chi connectivity index (χ3n) is 3.06. The van der Waals surface area contributed by atoms with Crippen LogP contribution in [0.15, 0.2) is 11.1 Å². The first-order valence-corrected chi connectivity index (χ1v) is 9.12. The smallest absolute Gasteiger partial charge is 0.211 e. The zero-order valence-electron chi connectivity index (χ0n) is 10.1. The van der Waals surface area contributed by atoms with Crippen LogP contribution in [0.25, 0.3) is 0 Å². The van der Waals surface area contributed by atoms with E-state index in [0.717, 1.165) is 12.5 Å². The minimum absolute atomic E-state index is 0.146. The van der Waals surface area contributed by atoms with Gasteiger partial charge >= 0.3 is 0 Å². The Morgan fingerprint density at radius 1 is 1.33 bits per heavy atom. The summed E-state index contributed by atoms with van der Waals surface area (Å²) in [5, 5.41) is 6.42. The van der Waals surface area contributed by atoms with Gasteiger partial charge < -0.3 is 0 Å². The van der Waals surface area contributed by atoms with Crippen LogP contribution < -0.4 is 0 Å². The molecule has 0 radical (unpaired) electrons. The molecule has 9 heteroatoms. The fraction of sp³-hybridized carbons (Fsp3) is 0.667. The Hall–Kier alpha value is -0.930. The highest BCUT2D eigenvalue weighted by Crippen LogP contribution is 2.30. The summed E-state index contributed by atoms with van der Waals surface area (Å²) in [6, 6.07) is 0. The van der Waals surface area contributed by atoms with Crippen molar-refractivity contribution in [3.05, 3.63) is 11.9 Å². The van der Waals surface area contributed by atoms with Gasteiger partial charge in [-0.05, 0) is 6.42 Å². The lowest BCUT2D eigenvalue weighted by molar-refractivity contribution is 0.477. The summed E-state index contributed by atoms with van der Waals surface area (Å²) in [4.78, 5) is 0.155. The quantitative estimate of drug-likeness (QED) is 0.814. The molecule has 0 aliphatic carbocycles. The molecule has 102 valence electrons. The number of nitrogens with one attached hydrogen (secondary N) is 1. The van der Waals surface area contributed by atoms with Crippen molar-refractivity contribution in [2.24, 2.45) is 0 Å². The third-order valence-corrected chi connectivity index (χ3v) is 5.45. The molecule has 7 nitrogen and oxygen atoms in total. The fourth-order valence-corrected chi connectivity index (χ4v) is 3.88. The van der Waals surface area contributed by atoms with Gasteiger partial charge in [0.05, 0.1) is 18.1 Å². The zero-order valence-corrected chi connectivity index (χ0v) is 11.8. The van der Waals surface area contributed by atoms with Crippen LogP contribution in [0.4, 0.5) is 0 Å². The van der Waals surface area contributed by atoms with Gasteiger partial charge in [0.2, 0.25) is 10.0 Å². The van der Waals surface area contributed by atoms with E-state index < -0.39 is 19.9 Å². The predicted molar refractivity (Wildman–Crippen MR) is 65.5 cm³/mol. The van der Waals surface area contributed by atoms with Crippen LogP contribution in [-0.2, 0) is 19.9 Å². The maximum atomic E-state index is 11.6. The van der Waals surface area contributed by atoms with Crippen LogP contribution >= 0.6 is 0 Å². The maximum Gasteiger partial charge on any atom is 0.211 e. The van der Waals surface area contributed by atoms with Crippen molar-refractivity contribution < 1.29 is 16.8 Å². The highest BCUT2D eigenvalue weighted by Gasteiger charge is 2.33. The van der Waals surface area contributed by atoms with Crippen LogP contribution in [0, 0.1) is 0 Å². The van der Waals surface area contributed by atoms with Crippen LogP contribution in [0.1, 0.15) is 18.0 Å². The normalized spacial score (nSPS) is 22.4. The molecule has 0 aromatic carbocycles. The highest BCUT2D eigenvalue weighted by atomic mass is 32.2. The number of H-pyrrole nitrogens is 1. The Morgan fingerprint density at radius 2 is 2.00 bits per heavy atom. The van der Waals surface area contributed by atoms with Crippen LogP contribution in [-0.4, -0.2) is 56.9 Å². The number of nitrogens with zero attached hydrogens (tertiary/aromatic N) is 2. The molecule has 18 heavy (non-hydrogen) atoms. The van der Waals surface area contributed by atoms with E-state index in [-0.39, 0.29) is 10.8 Å². The molecular weight excluding hydrogens is 278 g/mol. The standard InChI is InChI=1S/C9H15N3O4S2/c1-17(13,14)8-5-10-11-9(8)7-3-4-12(6-7)18(2,15)16/h5,7H,3-4,6H2,1-2H3,(H,10,11)/t7-/m1/s1. The number of hydrogen-bond acceptors (Lipinski definition) is 5. The molecule has 0 bridgehead atoms. The lowest BCUT2D eigenvalue weighted by Gasteiger charge is -2.13. The van der Waals surface area contributed by atoms with Crippen LogP contribution in [0.2, 0.25) is 0 Å². The van der Waals surface area contributed by atoms with Crippen LogP contribution in [0.3, 0.4) is 0 Å². The van der Waals surface area contributed by atoms with E-state index in [1.807, 2.05) is 0 Å². The molecule has 0 spiro atoms. The van der Waals surface area contributed by atoms with E-state index in [1.54, 1.807) is 0 Å². The van der Waals surface area contributed by atoms with Gasteiger partial charge in [-0.15, -0.1) is 0 Å². The van der Waals surface area contributed by atoms with Crippen molar-refractivity contribution >= 4 is 19.9 Å². The maximum absolute atomic E-state index is 11.6. The minimum Gasteiger partial charge on any atom is -0.281 e. The van der Waals surface area contributed by atoms with E-state index in [0.29, 0.717) is 25.2 Å². The monoisotopic (exact) mass is 293 g/mol. The van der Waals surface area contributed by atoms with Crippen molar-refractivity contribution in [2.45, 2.75) is 17.2 Å². The Labute approximate surface area is 106 Å². The van der Waals surface area contributed by atoms with Gasteiger partial charge in [0.1, 0.15) is 4.90 Å². The second-order valence-corrected chi connectivity index (χ2v) is 8.49. The summed E-state index contributed by atoms with van der Waals surface area (Å²) >= 11 is 0. The summed E-state index contributed by atoms with van der Waals surface area (Å²) in [5.41, 5.74) is 0.503. The van der Waals surface area contributed by atoms with Gasteiger partial charge in [-0.1, -0.05) is 0 Å². The topological polar surface area (TPSA) is 100 Å². The second kappa shape index (κ2) is 4.32. The number of hydrogen-bond donors (Lipinski definition) is 1. The van der Waals surface area contributed by atoms with E-state index in [1.165, 1.54) is 10.5 Å². The van der Waals surface area contributed by atoms with Gasteiger partial charge in [0.15, 0.2) is 9.84 Å². The number of aromatic amines is 1. The molecule has 1 saturated heterocycles. The molecular formula is C9H15N3O4S2. The first-order valence-electron chi connectivity index (χ1n) is 5.38. The van der Waals surface area contributed by atoms with Gasteiger partial charge in [0.25, 0.3) is 0 Å². The van der Waals surface area contributed by atoms with Crippen molar-refractivity contribution in [1.29, 1.82) is 0 Å². The van der Waals surface area contributed by atoms with Crippen molar-refractivity contribution in [3.63, 3.8) is 0 Å².